The maximum Gasteiger partial charge on any atom is 0.316 e. The van der Waals surface area contributed by atoms with Crippen molar-refractivity contribution in [3.8, 4) is 0 Å². The standard InChI is InChI=1S/C16H28BrO3P/c17-16(12-7-13-20-21(18)19,14-8-3-1-4-9-14)15-10-5-2-6-11-15/h7,12,14-15,21H,1-6,8-11,13H2,(H,18,19). The summed E-state index contributed by atoms with van der Waals surface area (Å²) in [6.07, 6.45) is 17.4. The van der Waals surface area contributed by atoms with Crippen molar-refractivity contribution in [1.29, 1.82) is 0 Å². The first kappa shape index (κ1) is 17.7. The molecular formula is C16H28BrO3P. The molecule has 1 unspecified atom stereocenters. The number of hydrogen-bond donors (Lipinski definition) is 1. The quantitative estimate of drug-likeness (QED) is 0.390. The van der Waals surface area contributed by atoms with Gasteiger partial charge in [0.15, 0.2) is 0 Å². The van der Waals surface area contributed by atoms with Gasteiger partial charge in [0.05, 0.1) is 6.61 Å². The minimum absolute atomic E-state index is 0.0580. The van der Waals surface area contributed by atoms with Crippen molar-refractivity contribution in [3.05, 3.63) is 12.2 Å². The molecule has 0 spiro atoms. The Balaban J connectivity index is 2.05. The molecule has 0 heterocycles. The van der Waals surface area contributed by atoms with Gasteiger partial charge in [0, 0.05) is 4.32 Å². The molecule has 2 aliphatic rings. The zero-order valence-corrected chi connectivity index (χ0v) is 15.3. The number of hydrogen-bond acceptors (Lipinski definition) is 2. The van der Waals surface area contributed by atoms with E-state index in [0.717, 1.165) is 0 Å². The van der Waals surface area contributed by atoms with Gasteiger partial charge in [-0.15, -0.1) is 0 Å². The highest BCUT2D eigenvalue weighted by Crippen LogP contribution is 2.49. The highest BCUT2D eigenvalue weighted by Gasteiger charge is 2.41. The van der Waals surface area contributed by atoms with Gasteiger partial charge in [0.25, 0.3) is 0 Å². The highest BCUT2D eigenvalue weighted by molar-refractivity contribution is 9.10. The number of alkyl halides is 1. The van der Waals surface area contributed by atoms with E-state index < -0.39 is 8.25 Å². The van der Waals surface area contributed by atoms with Crippen LogP contribution in [-0.4, -0.2) is 15.8 Å². The van der Waals surface area contributed by atoms with Gasteiger partial charge in [0.2, 0.25) is 0 Å². The lowest BCUT2D eigenvalue weighted by Crippen LogP contribution is -2.40. The molecule has 0 amide bonds. The lowest BCUT2D eigenvalue weighted by Gasteiger charge is -2.43. The molecule has 0 aliphatic heterocycles. The van der Waals surface area contributed by atoms with Crippen molar-refractivity contribution >= 4 is 24.2 Å². The second-order valence-electron chi connectivity index (χ2n) is 6.48. The van der Waals surface area contributed by atoms with Crippen molar-refractivity contribution in [1.82, 2.24) is 0 Å². The van der Waals surface area contributed by atoms with Crippen LogP contribution in [0.25, 0.3) is 0 Å². The van der Waals surface area contributed by atoms with E-state index in [-0.39, 0.29) is 10.9 Å². The van der Waals surface area contributed by atoms with Crippen molar-refractivity contribution in [3.63, 3.8) is 0 Å². The third kappa shape index (κ3) is 5.20. The minimum atomic E-state index is -2.82. The molecule has 5 heteroatoms. The Labute approximate surface area is 137 Å². The summed E-state index contributed by atoms with van der Waals surface area (Å²) in [5.74, 6) is 1.38. The van der Waals surface area contributed by atoms with Crippen LogP contribution in [0.1, 0.15) is 64.2 Å². The van der Waals surface area contributed by atoms with Gasteiger partial charge >= 0.3 is 8.25 Å². The van der Waals surface area contributed by atoms with Crippen LogP contribution in [-0.2, 0) is 9.09 Å². The molecule has 1 atom stereocenters. The zero-order chi connectivity index (χ0) is 15.1. The van der Waals surface area contributed by atoms with Crippen LogP contribution >= 0.6 is 24.2 Å². The summed E-state index contributed by atoms with van der Waals surface area (Å²) in [7, 11) is -2.82. The van der Waals surface area contributed by atoms with E-state index in [1.807, 2.05) is 6.08 Å². The fraction of sp³-hybridized carbons (Fsp3) is 0.875. The summed E-state index contributed by atoms with van der Waals surface area (Å²) in [6, 6.07) is 0. The van der Waals surface area contributed by atoms with Crippen LogP contribution in [0, 0.1) is 11.8 Å². The van der Waals surface area contributed by atoms with Crippen molar-refractivity contribution in [2.24, 2.45) is 11.8 Å². The van der Waals surface area contributed by atoms with E-state index in [9.17, 15) is 4.57 Å². The number of rotatable bonds is 6. The molecule has 0 aromatic rings. The summed E-state index contributed by atoms with van der Waals surface area (Å²) in [6.45, 7) is 0.237. The van der Waals surface area contributed by atoms with Gasteiger partial charge in [-0.05, 0) is 37.5 Å². The molecule has 0 saturated heterocycles. The Bertz CT molecular complexity index is 343. The predicted octanol–water partition coefficient (Wildman–Crippen LogP) is 5.24. The summed E-state index contributed by atoms with van der Waals surface area (Å²) < 4.78 is 15.5. The van der Waals surface area contributed by atoms with E-state index in [0.29, 0.717) is 11.8 Å². The maximum absolute atomic E-state index is 10.6. The fourth-order valence-electron chi connectivity index (χ4n) is 4.04. The third-order valence-electron chi connectivity index (χ3n) is 5.14. The molecule has 2 aliphatic carbocycles. The Morgan fingerprint density at radius 2 is 1.52 bits per heavy atom. The molecule has 0 radical (unpaired) electrons. The van der Waals surface area contributed by atoms with Gasteiger partial charge in [-0.1, -0.05) is 66.6 Å². The summed E-state index contributed by atoms with van der Waals surface area (Å²) >= 11 is 4.10. The molecular weight excluding hydrogens is 351 g/mol. The predicted molar refractivity (Wildman–Crippen MR) is 91.1 cm³/mol. The van der Waals surface area contributed by atoms with Gasteiger partial charge < -0.3 is 9.42 Å². The van der Waals surface area contributed by atoms with Crippen LogP contribution in [0.15, 0.2) is 12.2 Å². The molecule has 1 N–H and O–H groups in total. The number of halogens is 1. The van der Waals surface area contributed by atoms with Gasteiger partial charge in [-0.2, -0.15) is 0 Å². The fourth-order valence-corrected chi connectivity index (χ4v) is 5.39. The Hall–Kier alpha value is 0.370. The average molecular weight is 379 g/mol. The summed E-state index contributed by atoms with van der Waals surface area (Å²) in [5, 5.41) is 0. The summed E-state index contributed by atoms with van der Waals surface area (Å²) in [5.41, 5.74) is 0. The second kappa shape index (κ2) is 8.86. The molecule has 0 aromatic carbocycles. The molecule has 3 nitrogen and oxygen atoms in total. The van der Waals surface area contributed by atoms with E-state index in [1.54, 1.807) is 0 Å². The lowest BCUT2D eigenvalue weighted by atomic mass is 9.69. The molecule has 2 rings (SSSR count). The van der Waals surface area contributed by atoms with Crippen LogP contribution in [0.3, 0.4) is 0 Å². The monoisotopic (exact) mass is 378 g/mol. The topological polar surface area (TPSA) is 46.5 Å². The zero-order valence-electron chi connectivity index (χ0n) is 12.7. The number of allylic oxidation sites excluding steroid dienone is 1. The van der Waals surface area contributed by atoms with Crippen molar-refractivity contribution in [2.45, 2.75) is 68.5 Å². The SMILES string of the molecule is O=[PH](O)OCC=CC(Br)(C1CCCCC1)C1CCCCC1. The van der Waals surface area contributed by atoms with Crippen LogP contribution in [0.2, 0.25) is 0 Å². The van der Waals surface area contributed by atoms with E-state index in [1.165, 1.54) is 64.2 Å². The maximum atomic E-state index is 10.6. The first-order chi connectivity index (χ1) is 10.1. The average Bonchev–Trinajstić information content (AvgIpc) is 2.53. The second-order valence-corrected chi connectivity index (χ2v) is 8.67. The first-order valence-corrected chi connectivity index (χ1v) is 10.4. The molecule has 122 valence electrons. The van der Waals surface area contributed by atoms with Crippen LogP contribution in [0.4, 0.5) is 0 Å². The summed E-state index contributed by atoms with van der Waals surface area (Å²) in [4.78, 5) is 8.76. The Kier molecular flexibility index (Phi) is 7.48. The van der Waals surface area contributed by atoms with Gasteiger partial charge in [-0.25, -0.2) is 0 Å². The van der Waals surface area contributed by atoms with E-state index >= 15 is 0 Å². The van der Waals surface area contributed by atoms with Crippen molar-refractivity contribution in [2.75, 3.05) is 6.61 Å². The first-order valence-electron chi connectivity index (χ1n) is 8.35. The Morgan fingerprint density at radius 1 is 1.05 bits per heavy atom. The lowest BCUT2D eigenvalue weighted by molar-refractivity contribution is 0.213. The Morgan fingerprint density at radius 3 is 1.95 bits per heavy atom. The van der Waals surface area contributed by atoms with Crippen molar-refractivity contribution < 1.29 is 14.0 Å². The van der Waals surface area contributed by atoms with Gasteiger partial charge in [-0.3, -0.25) is 4.57 Å². The minimum Gasteiger partial charge on any atom is -0.326 e. The molecule has 2 fully saturated rings. The molecule has 0 bridgehead atoms. The molecule has 0 aromatic heterocycles. The van der Waals surface area contributed by atoms with E-state index in [2.05, 4.69) is 22.0 Å². The van der Waals surface area contributed by atoms with Gasteiger partial charge in [0.1, 0.15) is 0 Å². The van der Waals surface area contributed by atoms with E-state index in [4.69, 9.17) is 9.42 Å². The normalized spacial score (nSPS) is 24.5. The largest absolute Gasteiger partial charge is 0.326 e. The van der Waals surface area contributed by atoms with Crippen LogP contribution in [0.5, 0.6) is 0 Å². The molecule has 2 saturated carbocycles. The van der Waals surface area contributed by atoms with Crippen LogP contribution < -0.4 is 0 Å². The third-order valence-corrected chi connectivity index (χ3v) is 7.11. The highest BCUT2D eigenvalue weighted by atomic mass is 79.9. The smallest absolute Gasteiger partial charge is 0.316 e. The molecule has 21 heavy (non-hydrogen) atoms.